The number of benzene rings is 1. The van der Waals surface area contributed by atoms with Crippen LogP contribution in [0.1, 0.15) is 6.42 Å². The van der Waals surface area contributed by atoms with Crippen LogP contribution in [0.3, 0.4) is 0 Å². The number of nitrogens with zero attached hydrogens (tertiary/aromatic N) is 1. The van der Waals surface area contributed by atoms with E-state index in [0.29, 0.717) is 0 Å². The van der Waals surface area contributed by atoms with Crippen LogP contribution in [-0.4, -0.2) is 42.2 Å². The van der Waals surface area contributed by atoms with Gasteiger partial charge in [-0.3, -0.25) is 4.79 Å². The number of carboxylic acids is 1. The Bertz CT molecular complexity index is 528. The Balaban J connectivity index is 2.64. The number of carbonyl (C=O) groups is 2. The van der Waals surface area contributed by atoms with Crippen LogP contribution in [0.2, 0.25) is 5.02 Å². The summed E-state index contributed by atoms with van der Waals surface area (Å²) in [4.78, 5) is 23.3. The summed E-state index contributed by atoms with van der Waals surface area (Å²) in [6.07, 6.45) is -0.189. The van der Waals surface area contributed by atoms with Gasteiger partial charge in [-0.1, -0.05) is 11.6 Å². The summed E-state index contributed by atoms with van der Waals surface area (Å²) in [5, 5.41) is 10.9. The van der Waals surface area contributed by atoms with Crippen molar-refractivity contribution in [2.24, 2.45) is 0 Å². The molecule has 1 aromatic carbocycles. The summed E-state index contributed by atoms with van der Waals surface area (Å²) in [7, 11) is 1.42. The topological polar surface area (TPSA) is 78.9 Å². The largest absolute Gasteiger partial charge is 0.481 e. The highest BCUT2D eigenvalue weighted by molar-refractivity contribution is 6.32. The number of carbonyl (C=O) groups excluding carboxylic acids is 1. The van der Waals surface area contributed by atoms with Crippen molar-refractivity contribution in [3.63, 3.8) is 0 Å². The van der Waals surface area contributed by atoms with E-state index >= 15 is 0 Å². The maximum atomic E-state index is 12.1. The monoisotopic (exact) mass is 322 g/mol. The van der Waals surface area contributed by atoms with E-state index in [9.17, 15) is 18.4 Å². The third-order valence-electron chi connectivity index (χ3n) is 2.41. The molecular formula is C12H13ClF2N2O4. The summed E-state index contributed by atoms with van der Waals surface area (Å²) in [6.45, 7) is -2.97. The van der Waals surface area contributed by atoms with Gasteiger partial charge in [0.15, 0.2) is 0 Å². The van der Waals surface area contributed by atoms with Gasteiger partial charge in [-0.25, -0.2) is 4.79 Å². The molecule has 2 amide bonds. The predicted molar refractivity (Wildman–Crippen MR) is 72.0 cm³/mol. The van der Waals surface area contributed by atoms with Crippen LogP contribution in [0.15, 0.2) is 18.2 Å². The first kappa shape index (κ1) is 17.0. The molecule has 0 aliphatic rings. The first-order valence-corrected chi connectivity index (χ1v) is 6.15. The van der Waals surface area contributed by atoms with Gasteiger partial charge in [0.25, 0.3) is 0 Å². The smallest absolute Gasteiger partial charge is 0.387 e. The van der Waals surface area contributed by atoms with Crippen molar-refractivity contribution in [2.75, 3.05) is 18.9 Å². The number of amides is 2. The second kappa shape index (κ2) is 7.63. The van der Waals surface area contributed by atoms with Gasteiger partial charge in [-0.2, -0.15) is 8.78 Å². The number of hydrogen-bond donors (Lipinski definition) is 2. The van der Waals surface area contributed by atoms with Crippen LogP contribution in [0.25, 0.3) is 0 Å². The first-order valence-electron chi connectivity index (χ1n) is 5.78. The minimum atomic E-state index is -3.00. The van der Waals surface area contributed by atoms with E-state index in [1.54, 1.807) is 0 Å². The summed E-state index contributed by atoms with van der Waals surface area (Å²) >= 11 is 5.74. The highest BCUT2D eigenvalue weighted by atomic mass is 35.5. The molecular weight excluding hydrogens is 310 g/mol. The quantitative estimate of drug-likeness (QED) is 0.844. The van der Waals surface area contributed by atoms with Gasteiger partial charge < -0.3 is 20.1 Å². The lowest BCUT2D eigenvalue weighted by Crippen LogP contribution is -2.33. The molecule has 0 saturated heterocycles. The van der Waals surface area contributed by atoms with Gasteiger partial charge in [0.1, 0.15) is 5.75 Å². The third kappa shape index (κ3) is 5.82. The van der Waals surface area contributed by atoms with Crippen molar-refractivity contribution >= 4 is 29.3 Å². The normalized spacial score (nSPS) is 10.3. The number of alkyl halides is 2. The highest BCUT2D eigenvalue weighted by Crippen LogP contribution is 2.28. The summed E-state index contributed by atoms with van der Waals surface area (Å²) < 4.78 is 28.3. The molecule has 1 aromatic rings. The number of rotatable bonds is 6. The van der Waals surface area contributed by atoms with E-state index in [0.717, 1.165) is 0 Å². The van der Waals surface area contributed by atoms with Crippen molar-refractivity contribution in [3.05, 3.63) is 23.2 Å². The molecule has 0 spiro atoms. The average molecular weight is 323 g/mol. The maximum Gasteiger partial charge on any atom is 0.387 e. The second-order valence-corrected chi connectivity index (χ2v) is 4.43. The van der Waals surface area contributed by atoms with E-state index in [-0.39, 0.29) is 29.4 Å². The Morgan fingerprint density at radius 1 is 1.48 bits per heavy atom. The van der Waals surface area contributed by atoms with Crippen molar-refractivity contribution in [2.45, 2.75) is 13.0 Å². The van der Waals surface area contributed by atoms with Crippen LogP contribution in [0, 0.1) is 0 Å². The Morgan fingerprint density at radius 3 is 2.67 bits per heavy atom. The van der Waals surface area contributed by atoms with Crippen molar-refractivity contribution in [3.8, 4) is 5.75 Å². The molecule has 0 heterocycles. The number of carboxylic acid groups (broad SMARTS) is 1. The molecule has 0 fully saturated rings. The Kier molecular flexibility index (Phi) is 6.16. The van der Waals surface area contributed by atoms with Gasteiger partial charge in [0.2, 0.25) is 0 Å². The van der Waals surface area contributed by atoms with E-state index in [2.05, 4.69) is 10.1 Å². The van der Waals surface area contributed by atoms with Crippen molar-refractivity contribution < 1.29 is 28.2 Å². The number of anilines is 1. The third-order valence-corrected chi connectivity index (χ3v) is 2.70. The molecule has 2 N–H and O–H groups in total. The molecule has 1 rings (SSSR count). The summed E-state index contributed by atoms with van der Waals surface area (Å²) in [5.41, 5.74) is 0.272. The fourth-order valence-corrected chi connectivity index (χ4v) is 1.58. The molecule has 0 bridgehead atoms. The highest BCUT2D eigenvalue weighted by Gasteiger charge is 2.13. The minimum absolute atomic E-state index is 0.0292. The molecule has 0 unspecified atom stereocenters. The molecule has 9 heteroatoms. The molecule has 116 valence electrons. The first-order chi connectivity index (χ1) is 9.79. The molecule has 0 aliphatic heterocycles. The van der Waals surface area contributed by atoms with E-state index in [1.165, 1.54) is 30.1 Å². The number of nitrogens with one attached hydrogen (secondary N) is 1. The SMILES string of the molecule is CN(CCC(=O)O)C(=O)Nc1ccc(OC(F)F)c(Cl)c1. The van der Waals surface area contributed by atoms with Crippen molar-refractivity contribution in [1.82, 2.24) is 4.90 Å². The average Bonchev–Trinajstić information content (AvgIpc) is 2.38. The molecule has 0 radical (unpaired) electrons. The van der Waals surface area contributed by atoms with Crippen LogP contribution < -0.4 is 10.1 Å². The minimum Gasteiger partial charge on any atom is -0.481 e. The molecule has 0 atom stereocenters. The standard InChI is InChI=1S/C12H13ClF2N2O4/c1-17(5-4-10(18)19)12(20)16-7-2-3-9(8(13)6-7)21-11(14)15/h2-3,6,11H,4-5H2,1H3,(H,16,20)(H,18,19). The zero-order valence-electron chi connectivity index (χ0n) is 11.0. The van der Waals surface area contributed by atoms with Gasteiger partial charge in [0.05, 0.1) is 11.4 Å². The summed E-state index contributed by atoms with van der Waals surface area (Å²) in [5.74, 6) is -1.23. The van der Waals surface area contributed by atoms with Crippen LogP contribution in [-0.2, 0) is 4.79 Å². The number of halogens is 3. The lowest BCUT2D eigenvalue weighted by molar-refractivity contribution is -0.137. The van der Waals surface area contributed by atoms with Crippen molar-refractivity contribution in [1.29, 1.82) is 0 Å². The Labute approximate surface area is 124 Å². The lowest BCUT2D eigenvalue weighted by atomic mass is 10.3. The predicted octanol–water partition coefficient (Wildman–Crippen LogP) is 2.88. The van der Waals surface area contributed by atoms with E-state index in [1.807, 2.05) is 0 Å². The lowest BCUT2D eigenvalue weighted by Gasteiger charge is -2.17. The fourth-order valence-electron chi connectivity index (χ4n) is 1.35. The molecule has 0 saturated carbocycles. The van der Waals surface area contributed by atoms with Crippen LogP contribution in [0.5, 0.6) is 5.75 Å². The number of hydrogen-bond acceptors (Lipinski definition) is 3. The van der Waals surface area contributed by atoms with Crippen LogP contribution >= 0.6 is 11.6 Å². The number of urea groups is 1. The second-order valence-electron chi connectivity index (χ2n) is 4.02. The van der Waals surface area contributed by atoms with E-state index < -0.39 is 18.6 Å². The van der Waals surface area contributed by atoms with E-state index in [4.69, 9.17) is 16.7 Å². The maximum absolute atomic E-state index is 12.1. The molecule has 6 nitrogen and oxygen atoms in total. The Morgan fingerprint density at radius 2 is 2.14 bits per heavy atom. The Hall–Kier alpha value is -2.09. The number of aliphatic carboxylic acids is 1. The van der Waals surface area contributed by atoms with Crippen LogP contribution in [0.4, 0.5) is 19.3 Å². The van der Waals surface area contributed by atoms with Gasteiger partial charge in [-0.05, 0) is 18.2 Å². The van der Waals surface area contributed by atoms with Gasteiger partial charge in [-0.15, -0.1) is 0 Å². The molecule has 21 heavy (non-hydrogen) atoms. The molecule has 0 aromatic heterocycles. The summed E-state index contributed by atoms with van der Waals surface area (Å²) in [6, 6.07) is 3.24. The fraction of sp³-hybridized carbons (Fsp3) is 0.333. The van der Waals surface area contributed by atoms with Gasteiger partial charge >= 0.3 is 18.6 Å². The number of ether oxygens (including phenoxy) is 1. The van der Waals surface area contributed by atoms with Gasteiger partial charge in [0, 0.05) is 19.3 Å². The molecule has 0 aliphatic carbocycles. The zero-order valence-corrected chi connectivity index (χ0v) is 11.7. The zero-order chi connectivity index (χ0) is 16.0.